The van der Waals surface area contributed by atoms with Gasteiger partial charge in [0.1, 0.15) is 11.6 Å². The fourth-order valence-electron chi connectivity index (χ4n) is 4.69. The fourth-order valence-corrected chi connectivity index (χ4v) is 4.80. The van der Waals surface area contributed by atoms with Crippen LogP contribution in [-0.4, -0.2) is 16.2 Å². The van der Waals surface area contributed by atoms with Crippen LogP contribution in [0.1, 0.15) is 35.4 Å². The van der Waals surface area contributed by atoms with Crippen LogP contribution in [0.2, 0.25) is 5.02 Å². The predicted molar refractivity (Wildman–Crippen MR) is 150 cm³/mol. The third kappa shape index (κ3) is 5.47. The molecule has 36 heavy (non-hydrogen) atoms. The van der Waals surface area contributed by atoms with Crippen molar-refractivity contribution in [3.63, 3.8) is 0 Å². The molecule has 1 heterocycles. The molecule has 0 saturated heterocycles. The molecular weight excluding hydrogens is 464 g/mol. The summed E-state index contributed by atoms with van der Waals surface area (Å²) in [6.07, 6.45) is 2.80. The summed E-state index contributed by atoms with van der Waals surface area (Å²) in [6.45, 7) is 5.63. The van der Waals surface area contributed by atoms with Crippen LogP contribution >= 0.6 is 11.6 Å². The Labute approximate surface area is 218 Å². The minimum Gasteiger partial charge on any atom is -0.494 e. The average molecular weight is 495 g/mol. The lowest BCUT2D eigenvalue weighted by Crippen LogP contribution is -2.07. The van der Waals surface area contributed by atoms with Crippen molar-refractivity contribution in [2.75, 3.05) is 6.61 Å². The van der Waals surface area contributed by atoms with E-state index >= 15 is 0 Å². The minimum absolute atomic E-state index is 0.684. The van der Waals surface area contributed by atoms with Crippen LogP contribution < -0.4 is 4.74 Å². The normalized spacial score (nSPS) is 11.2. The number of fused-ring (bicyclic) bond motifs is 1. The predicted octanol–water partition coefficient (Wildman–Crippen LogP) is 8.42. The van der Waals surface area contributed by atoms with Gasteiger partial charge in [0.25, 0.3) is 0 Å². The SMILES string of the molecule is Cc1cc(OCCCCn2c(Cc3ccc(-c4ccccc4)cc3)nc3ccccc32)cc(C)c1Cl. The van der Waals surface area contributed by atoms with Gasteiger partial charge in [0.15, 0.2) is 0 Å². The molecule has 0 atom stereocenters. The van der Waals surface area contributed by atoms with Crippen LogP contribution in [0.3, 0.4) is 0 Å². The molecule has 0 amide bonds. The number of benzene rings is 4. The number of hydrogen-bond acceptors (Lipinski definition) is 2. The van der Waals surface area contributed by atoms with Gasteiger partial charge < -0.3 is 9.30 Å². The van der Waals surface area contributed by atoms with Crippen molar-refractivity contribution >= 4 is 22.6 Å². The topological polar surface area (TPSA) is 27.1 Å². The molecule has 0 unspecified atom stereocenters. The molecule has 0 N–H and O–H groups in total. The third-order valence-corrected chi connectivity index (χ3v) is 7.21. The minimum atomic E-state index is 0.684. The Morgan fingerprint density at radius 2 is 1.44 bits per heavy atom. The molecule has 0 radical (unpaired) electrons. The molecule has 0 aliphatic rings. The van der Waals surface area contributed by atoms with Gasteiger partial charge in [0.05, 0.1) is 17.6 Å². The largest absolute Gasteiger partial charge is 0.494 e. The molecule has 5 aromatic rings. The number of unbranched alkanes of at least 4 members (excludes halogenated alkanes) is 1. The van der Waals surface area contributed by atoms with E-state index in [1.807, 2.05) is 32.0 Å². The molecule has 1 aromatic heterocycles. The summed E-state index contributed by atoms with van der Waals surface area (Å²) in [5.74, 6) is 2.00. The zero-order valence-electron chi connectivity index (χ0n) is 20.9. The smallest absolute Gasteiger partial charge is 0.119 e. The van der Waals surface area contributed by atoms with Gasteiger partial charge >= 0.3 is 0 Å². The maximum Gasteiger partial charge on any atom is 0.119 e. The highest BCUT2D eigenvalue weighted by Crippen LogP contribution is 2.26. The number of halogens is 1. The number of aromatic nitrogens is 2. The number of nitrogens with zero attached hydrogens (tertiary/aromatic N) is 2. The zero-order valence-corrected chi connectivity index (χ0v) is 21.6. The fraction of sp³-hybridized carbons (Fsp3) is 0.219. The molecule has 0 aliphatic carbocycles. The van der Waals surface area contributed by atoms with Gasteiger partial charge in [-0.25, -0.2) is 4.98 Å². The Bertz CT molecular complexity index is 1430. The first-order valence-corrected chi connectivity index (χ1v) is 12.9. The summed E-state index contributed by atoms with van der Waals surface area (Å²) in [4.78, 5) is 4.98. The Hall–Kier alpha value is -3.56. The molecule has 3 nitrogen and oxygen atoms in total. The van der Waals surface area contributed by atoms with E-state index in [0.29, 0.717) is 6.61 Å². The second-order valence-corrected chi connectivity index (χ2v) is 9.71. The van der Waals surface area contributed by atoms with Gasteiger partial charge in [0, 0.05) is 18.0 Å². The lowest BCUT2D eigenvalue weighted by Gasteiger charge is -2.12. The van der Waals surface area contributed by atoms with E-state index in [4.69, 9.17) is 21.3 Å². The number of imidazole rings is 1. The van der Waals surface area contributed by atoms with E-state index in [9.17, 15) is 0 Å². The van der Waals surface area contributed by atoms with E-state index < -0.39 is 0 Å². The van der Waals surface area contributed by atoms with Gasteiger partial charge in [-0.3, -0.25) is 0 Å². The van der Waals surface area contributed by atoms with Crippen molar-refractivity contribution in [3.05, 3.63) is 119 Å². The van der Waals surface area contributed by atoms with Crippen LogP contribution in [0.5, 0.6) is 5.75 Å². The van der Waals surface area contributed by atoms with Crippen LogP contribution in [-0.2, 0) is 13.0 Å². The van der Waals surface area contributed by atoms with Crippen molar-refractivity contribution in [2.45, 2.75) is 39.7 Å². The Kier molecular flexibility index (Phi) is 7.39. The number of para-hydroxylation sites is 2. The molecule has 182 valence electrons. The first kappa shape index (κ1) is 24.1. The second-order valence-electron chi connectivity index (χ2n) is 9.33. The quantitative estimate of drug-likeness (QED) is 0.192. The summed E-state index contributed by atoms with van der Waals surface area (Å²) in [6, 6.07) is 31.8. The maximum atomic E-state index is 6.28. The Morgan fingerprint density at radius 3 is 2.19 bits per heavy atom. The molecule has 5 rings (SSSR count). The molecule has 4 heteroatoms. The van der Waals surface area contributed by atoms with Gasteiger partial charge in [-0.05, 0) is 78.8 Å². The van der Waals surface area contributed by atoms with Gasteiger partial charge in [-0.15, -0.1) is 0 Å². The number of hydrogen-bond donors (Lipinski definition) is 0. The molecule has 0 spiro atoms. The lowest BCUT2D eigenvalue weighted by atomic mass is 10.0. The lowest BCUT2D eigenvalue weighted by molar-refractivity contribution is 0.303. The number of aryl methyl sites for hydroxylation is 3. The van der Waals surface area contributed by atoms with E-state index in [2.05, 4.69) is 77.4 Å². The van der Waals surface area contributed by atoms with Crippen LogP contribution in [0.15, 0.2) is 91.0 Å². The van der Waals surface area contributed by atoms with E-state index in [1.54, 1.807) is 0 Å². The number of ether oxygens (including phenoxy) is 1. The number of rotatable bonds is 9. The van der Waals surface area contributed by atoms with Crippen LogP contribution in [0.4, 0.5) is 0 Å². The summed E-state index contributed by atoms with van der Waals surface area (Å²) < 4.78 is 8.39. The standard InChI is InChI=1S/C32H31ClN2O/c1-23-20-28(21-24(2)32(23)33)36-19-9-8-18-35-30-13-7-6-12-29(30)34-31(35)22-25-14-16-27(17-15-25)26-10-4-3-5-11-26/h3-7,10-17,20-21H,8-9,18-19,22H2,1-2H3. The van der Waals surface area contributed by atoms with Gasteiger partial charge in [-0.2, -0.15) is 0 Å². The summed E-state index contributed by atoms with van der Waals surface area (Å²) >= 11 is 6.28. The molecule has 4 aromatic carbocycles. The average Bonchev–Trinajstić information content (AvgIpc) is 3.25. The first-order chi connectivity index (χ1) is 17.6. The summed E-state index contributed by atoms with van der Waals surface area (Å²) in [7, 11) is 0. The highest BCUT2D eigenvalue weighted by Gasteiger charge is 2.11. The maximum absolute atomic E-state index is 6.28. The van der Waals surface area contributed by atoms with E-state index in [-0.39, 0.29) is 0 Å². The highest BCUT2D eigenvalue weighted by atomic mass is 35.5. The van der Waals surface area contributed by atoms with Crippen molar-refractivity contribution in [1.29, 1.82) is 0 Å². The summed E-state index contributed by atoms with van der Waals surface area (Å²) in [5.41, 5.74) is 8.09. The Balaban J connectivity index is 1.25. The van der Waals surface area contributed by atoms with Crippen LogP contribution in [0.25, 0.3) is 22.2 Å². The zero-order chi connectivity index (χ0) is 24.9. The first-order valence-electron chi connectivity index (χ1n) is 12.6. The second kappa shape index (κ2) is 11.0. The third-order valence-electron chi connectivity index (χ3n) is 6.61. The monoisotopic (exact) mass is 494 g/mol. The molecule has 0 saturated carbocycles. The van der Waals surface area contributed by atoms with Crippen molar-refractivity contribution in [3.8, 4) is 16.9 Å². The van der Waals surface area contributed by atoms with Crippen molar-refractivity contribution in [1.82, 2.24) is 9.55 Å². The van der Waals surface area contributed by atoms with E-state index in [1.165, 1.54) is 22.2 Å². The Morgan fingerprint density at radius 1 is 0.778 bits per heavy atom. The van der Waals surface area contributed by atoms with Crippen LogP contribution in [0, 0.1) is 13.8 Å². The molecule has 0 aliphatic heterocycles. The molecule has 0 bridgehead atoms. The van der Waals surface area contributed by atoms with E-state index in [0.717, 1.165) is 59.0 Å². The van der Waals surface area contributed by atoms with Crippen molar-refractivity contribution < 1.29 is 4.74 Å². The molecule has 0 fully saturated rings. The van der Waals surface area contributed by atoms with Gasteiger partial charge in [0.2, 0.25) is 0 Å². The summed E-state index contributed by atoms with van der Waals surface area (Å²) in [5, 5.41) is 0.816. The molecular formula is C32H31ClN2O. The van der Waals surface area contributed by atoms with Crippen molar-refractivity contribution in [2.24, 2.45) is 0 Å². The highest BCUT2D eigenvalue weighted by molar-refractivity contribution is 6.32. The van der Waals surface area contributed by atoms with Gasteiger partial charge in [-0.1, -0.05) is 78.3 Å².